The molecule has 1 aromatic carbocycles. The molecule has 0 radical (unpaired) electrons. The third-order valence-corrected chi connectivity index (χ3v) is 3.13. The van der Waals surface area contributed by atoms with Gasteiger partial charge in [-0.05, 0) is 23.6 Å². The van der Waals surface area contributed by atoms with Gasteiger partial charge < -0.3 is 4.98 Å². The van der Waals surface area contributed by atoms with Gasteiger partial charge in [0.05, 0.1) is 0 Å². The molecule has 0 amide bonds. The van der Waals surface area contributed by atoms with Crippen LogP contribution in [-0.2, 0) is 0 Å². The summed E-state index contributed by atoms with van der Waals surface area (Å²) in [6.07, 6.45) is 2.37. The Labute approximate surface area is 110 Å². The van der Waals surface area contributed by atoms with Gasteiger partial charge in [0.1, 0.15) is 0 Å². The van der Waals surface area contributed by atoms with E-state index < -0.39 is 0 Å². The Morgan fingerprint density at radius 3 is 2.71 bits per heavy atom. The van der Waals surface area contributed by atoms with E-state index in [1.807, 2.05) is 24.4 Å². The fraction of sp³-hybridized carbons (Fsp3) is 0.357. The van der Waals surface area contributed by atoms with Gasteiger partial charge >= 0.3 is 0 Å². The normalized spacial score (nSPS) is 12.0. The van der Waals surface area contributed by atoms with Gasteiger partial charge in [0.2, 0.25) is 0 Å². The second-order valence-electron chi connectivity index (χ2n) is 5.55. The molecule has 0 fully saturated rings. The lowest BCUT2D eigenvalue weighted by molar-refractivity contribution is 0.0941. The lowest BCUT2D eigenvalue weighted by atomic mass is 9.88. The van der Waals surface area contributed by atoms with E-state index in [2.05, 4.69) is 41.7 Å². The van der Waals surface area contributed by atoms with E-state index in [1.165, 1.54) is 0 Å². The van der Waals surface area contributed by atoms with Gasteiger partial charge in [-0.15, -0.1) is 0 Å². The Hall–Kier alpha value is -1.09. The highest BCUT2D eigenvalue weighted by molar-refractivity contribution is 9.10. The van der Waals surface area contributed by atoms with Crippen molar-refractivity contribution in [1.29, 1.82) is 0 Å². The minimum Gasteiger partial charge on any atom is -0.360 e. The van der Waals surface area contributed by atoms with Crippen molar-refractivity contribution < 1.29 is 4.79 Å². The summed E-state index contributed by atoms with van der Waals surface area (Å²) in [5, 5.41) is 0.994. The van der Waals surface area contributed by atoms with Gasteiger partial charge in [-0.2, -0.15) is 0 Å². The first-order chi connectivity index (χ1) is 7.87. The number of carbonyl (C=O) groups is 1. The first-order valence-corrected chi connectivity index (χ1v) is 6.46. The summed E-state index contributed by atoms with van der Waals surface area (Å²) in [6, 6.07) is 5.94. The highest BCUT2D eigenvalue weighted by Gasteiger charge is 2.19. The van der Waals surface area contributed by atoms with Crippen LogP contribution in [0.3, 0.4) is 0 Å². The standard InChI is InChI=1S/C14H16BrNO/c1-14(2,3)7-13(17)11-8-16-12-5-4-9(15)6-10(11)12/h4-6,8,16H,7H2,1-3H3. The number of carbonyl (C=O) groups excluding carboxylic acids is 1. The zero-order valence-electron chi connectivity index (χ0n) is 10.3. The van der Waals surface area contributed by atoms with E-state index in [0.29, 0.717) is 6.42 Å². The van der Waals surface area contributed by atoms with Crippen molar-refractivity contribution in [3.63, 3.8) is 0 Å². The molecule has 0 unspecified atom stereocenters. The number of aromatic nitrogens is 1. The van der Waals surface area contributed by atoms with Crippen molar-refractivity contribution in [2.75, 3.05) is 0 Å². The maximum absolute atomic E-state index is 12.2. The van der Waals surface area contributed by atoms with Crippen molar-refractivity contribution in [3.05, 3.63) is 34.4 Å². The Morgan fingerprint density at radius 2 is 2.06 bits per heavy atom. The number of fused-ring (bicyclic) bond motifs is 1. The van der Waals surface area contributed by atoms with Crippen LogP contribution in [0.4, 0.5) is 0 Å². The van der Waals surface area contributed by atoms with Crippen LogP contribution in [-0.4, -0.2) is 10.8 Å². The van der Waals surface area contributed by atoms with E-state index in [4.69, 9.17) is 0 Å². The van der Waals surface area contributed by atoms with E-state index in [-0.39, 0.29) is 11.2 Å². The highest BCUT2D eigenvalue weighted by Crippen LogP contribution is 2.27. The third kappa shape index (κ3) is 2.78. The maximum Gasteiger partial charge on any atom is 0.165 e. The molecule has 2 aromatic rings. The Morgan fingerprint density at radius 1 is 1.35 bits per heavy atom. The molecule has 1 N–H and O–H groups in total. The Kier molecular flexibility index (Phi) is 3.13. The predicted octanol–water partition coefficient (Wildman–Crippen LogP) is 4.55. The highest BCUT2D eigenvalue weighted by atomic mass is 79.9. The van der Waals surface area contributed by atoms with Gasteiger partial charge in [0, 0.05) is 33.6 Å². The number of halogens is 1. The topological polar surface area (TPSA) is 32.9 Å². The minimum absolute atomic E-state index is 0.0205. The van der Waals surface area contributed by atoms with E-state index in [0.717, 1.165) is 20.9 Å². The Balaban J connectivity index is 2.42. The summed E-state index contributed by atoms with van der Waals surface area (Å²) in [4.78, 5) is 15.4. The second kappa shape index (κ2) is 4.30. The summed E-state index contributed by atoms with van der Waals surface area (Å²) in [7, 11) is 0. The maximum atomic E-state index is 12.2. The third-order valence-electron chi connectivity index (χ3n) is 2.64. The molecule has 17 heavy (non-hydrogen) atoms. The van der Waals surface area contributed by atoms with E-state index in [1.54, 1.807) is 0 Å². The first-order valence-electron chi connectivity index (χ1n) is 5.67. The molecule has 0 saturated heterocycles. The van der Waals surface area contributed by atoms with Gasteiger partial charge in [-0.1, -0.05) is 36.7 Å². The van der Waals surface area contributed by atoms with Crippen molar-refractivity contribution >= 4 is 32.6 Å². The van der Waals surface area contributed by atoms with E-state index >= 15 is 0 Å². The van der Waals surface area contributed by atoms with Crippen molar-refractivity contribution in [1.82, 2.24) is 4.98 Å². The second-order valence-corrected chi connectivity index (χ2v) is 6.47. The quantitative estimate of drug-likeness (QED) is 0.810. The molecule has 1 heterocycles. The van der Waals surface area contributed by atoms with E-state index in [9.17, 15) is 4.79 Å². The molecule has 0 bridgehead atoms. The van der Waals surface area contributed by atoms with Crippen LogP contribution in [0.15, 0.2) is 28.9 Å². The van der Waals surface area contributed by atoms with Crippen molar-refractivity contribution in [3.8, 4) is 0 Å². The molecule has 3 heteroatoms. The number of hydrogen-bond acceptors (Lipinski definition) is 1. The lowest BCUT2D eigenvalue weighted by Gasteiger charge is -2.16. The van der Waals surface area contributed by atoms with Crippen LogP contribution in [0.25, 0.3) is 10.9 Å². The molecule has 0 aliphatic heterocycles. The fourth-order valence-corrected chi connectivity index (χ4v) is 2.26. The van der Waals surface area contributed by atoms with Crippen molar-refractivity contribution in [2.24, 2.45) is 5.41 Å². The molecular formula is C14H16BrNO. The molecular weight excluding hydrogens is 278 g/mol. The van der Waals surface area contributed by atoms with Crippen LogP contribution in [0, 0.1) is 5.41 Å². The number of aromatic amines is 1. The van der Waals surface area contributed by atoms with Crippen molar-refractivity contribution in [2.45, 2.75) is 27.2 Å². The number of rotatable bonds is 2. The average Bonchev–Trinajstić information content (AvgIpc) is 2.57. The first kappa shape index (κ1) is 12.4. The smallest absolute Gasteiger partial charge is 0.165 e. The van der Waals surface area contributed by atoms with Crippen LogP contribution in [0.5, 0.6) is 0 Å². The number of benzene rings is 1. The SMILES string of the molecule is CC(C)(C)CC(=O)c1c[nH]c2ccc(Br)cc12. The van der Waals surface area contributed by atoms with Crippen LogP contribution in [0.1, 0.15) is 37.6 Å². The molecule has 0 spiro atoms. The lowest BCUT2D eigenvalue weighted by Crippen LogP contribution is -2.12. The monoisotopic (exact) mass is 293 g/mol. The largest absolute Gasteiger partial charge is 0.360 e. The molecule has 2 rings (SSSR count). The fourth-order valence-electron chi connectivity index (χ4n) is 1.90. The molecule has 0 aliphatic rings. The van der Waals surface area contributed by atoms with Gasteiger partial charge in [-0.25, -0.2) is 0 Å². The van der Waals surface area contributed by atoms with Crippen LogP contribution < -0.4 is 0 Å². The molecule has 90 valence electrons. The summed E-state index contributed by atoms with van der Waals surface area (Å²) in [5.74, 6) is 0.196. The summed E-state index contributed by atoms with van der Waals surface area (Å²) in [6.45, 7) is 6.24. The number of ketones is 1. The summed E-state index contributed by atoms with van der Waals surface area (Å²) in [5.41, 5.74) is 1.81. The van der Waals surface area contributed by atoms with Gasteiger partial charge in [-0.3, -0.25) is 4.79 Å². The predicted molar refractivity (Wildman–Crippen MR) is 74.4 cm³/mol. The molecule has 2 nitrogen and oxygen atoms in total. The minimum atomic E-state index is 0.0205. The number of nitrogens with one attached hydrogen (secondary N) is 1. The summed E-state index contributed by atoms with van der Waals surface area (Å²) >= 11 is 3.44. The number of hydrogen-bond donors (Lipinski definition) is 1. The summed E-state index contributed by atoms with van der Waals surface area (Å²) < 4.78 is 0.995. The zero-order chi connectivity index (χ0) is 12.6. The number of Topliss-reactive ketones (excluding diaryl/α,β-unsaturated/α-hetero) is 1. The molecule has 0 aliphatic carbocycles. The van der Waals surface area contributed by atoms with Gasteiger partial charge in [0.25, 0.3) is 0 Å². The Bertz CT molecular complexity index is 563. The van der Waals surface area contributed by atoms with Gasteiger partial charge in [0.15, 0.2) is 5.78 Å². The zero-order valence-corrected chi connectivity index (χ0v) is 11.9. The molecule has 1 aromatic heterocycles. The van der Waals surface area contributed by atoms with Crippen LogP contribution in [0.2, 0.25) is 0 Å². The molecule has 0 atom stereocenters. The number of H-pyrrole nitrogens is 1. The average molecular weight is 294 g/mol. The molecule has 0 saturated carbocycles. The van der Waals surface area contributed by atoms with Crippen LogP contribution >= 0.6 is 15.9 Å².